The predicted octanol–water partition coefficient (Wildman–Crippen LogP) is 3.49. The van der Waals surface area contributed by atoms with E-state index in [1.165, 1.54) is 0 Å². The predicted molar refractivity (Wildman–Crippen MR) is 115 cm³/mol. The number of nitrogens with two attached hydrogens (primary N) is 1. The maximum Gasteiger partial charge on any atom is 0.303 e. The number of carboxylic acid groups (broad SMARTS) is 1. The number of rotatable bonds is 7. The molecule has 3 rings (SSSR count). The van der Waals surface area contributed by atoms with E-state index in [-0.39, 0.29) is 36.6 Å². The SMILES string of the molecule is Cl.N=C(N)c1ccc(-c2ccc(C(C=O)N3CCC(CC(=O)O)CC3)cc2)cc1. The highest BCUT2D eigenvalue weighted by molar-refractivity contribution is 5.95. The molecule has 1 aliphatic rings. The zero-order chi connectivity index (χ0) is 20.1. The Morgan fingerprint density at radius 1 is 1.10 bits per heavy atom. The Kier molecular flexibility index (Phi) is 7.93. The number of benzene rings is 2. The van der Waals surface area contributed by atoms with Gasteiger partial charge in [0.15, 0.2) is 0 Å². The number of halogens is 1. The van der Waals surface area contributed by atoms with Crippen LogP contribution in [0.5, 0.6) is 0 Å². The van der Waals surface area contributed by atoms with Crippen molar-refractivity contribution in [1.29, 1.82) is 5.41 Å². The number of carboxylic acids is 1. The molecule has 0 spiro atoms. The zero-order valence-corrected chi connectivity index (χ0v) is 16.9. The van der Waals surface area contributed by atoms with E-state index in [9.17, 15) is 9.59 Å². The molecule has 4 N–H and O–H groups in total. The van der Waals surface area contributed by atoms with Crippen LogP contribution in [0.1, 0.15) is 36.4 Å². The monoisotopic (exact) mass is 415 g/mol. The van der Waals surface area contributed by atoms with E-state index in [1.807, 2.05) is 48.5 Å². The average Bonchev–Trinajstić information content (AvgIpc) is 2.70. The van der Waals surface area contributed by atoms with Gasteiger partial charge in [0.2, 0.25) is 0 Å². The van der Waals surface area contributed by atoms with Crippen LogP contribution in [0.4, 0.5) is 0 Å². The number of carbonyl (C=O) groups excluding carboxylic acids is 1. The topological polar surface area (TPSA) is 107 Å². The van der Waals surface area contributed by atoms with Gasteiger partial charge in [-0.3, -0.25) is 15.1 Å². The third kappa shape index (κ3) is 5.65. The Bertz CT molecular complexity index is 845. The zero-order valence-electron chi connectivity index (χ0n) is 16.1. The number of aldehydes is 1. The minimum atomic E-state index is -0.752. The van der Waals surface area contributed by atoms with Crippen molar-refractivity contribution >= 4 is 30.5 Å². The van der Waals surface area contributed by atoms with Gasteiger partial charge in [-0.1, -0.05) is 48.5 Å². The molecule has 29 heavy (non-hydrogen) atoms. The molecular formula is C22H26ClN3O3. The van der Waals surface area contributed by atoms with Gasteiger partial charge in [-0.15, -0.1) is 12.4 Å². The molecule has 6 nitrogen and oxygen atoms in total. The molecule has 0 amide bonds. The third-order valence-corrected chi connectivity index (χ3v) is 5.42. The summed E-state index contributed by atoms with van der Waals surface area (Å²) in [6, 6.07) is 15.1. The maximum absolute atomic E-state index is 11.8. The number of nitrogens with zero attached hydrogens (tertiary/aromatic N) is 1. The summed E-state index contributed by atoms with van der Waals surface area (Å²) in [5.41, 5.74) is 9.17. The second kappa shape index (κ2) is 10.2. The first-order valence-electron chi connectivity index (χ1n) is 9.44. The fourth-order valence-electron chi connectivity index (χ4n) is 3.77. The molecular weight excluding hydrogens is 390 g/mol. The van der Waals surface area contributed by atoms with Crippen LogP contribution in [0.3, 0.4) is 0 Å². The quantitative estimate of drug-likeness (QED) is 0.364. The first kappa shape index (κ1) is 22.6. The van der Waals surface area contributed by atoms with Crippen LogP contribution >= 0.6 is 12.4 Å². The first-order chi connectivity index (χ1) is 13.5. The highest BCUT2D eigenvalue weighted by Gasteiger charge is 2.26. The summed E-state index contributed by atoms with van der Waals surface area (Å²) in [4.78, 5) is 24.8. The van der Waals surface area contributed by atoms with Gasteiger partial charge < -0.3 is 15.6 Å². The van der Waals surface area contributed by atoms with E-state index in [1.54, 1.807) is 0 Å². The lowest BCUT2D eigenvalue weighted by Gasteiger charge is -2.35. The van der Waals surface area contributed by atoms with E-state index >= 15 is 0 Å². The van der Waals surface area contributed by atoms with Gasteiger partial charge >= 0.3 is 5.97 Å². The molecule has 1 aliphatic heterocycles. The van der Waals surface area contributed by atoms with Gasteiger partial charge in [0.1, 0.15) is 12.1 Å². The maximum atomic E-state index is 11.8. The van der Waals surface area contributed by atoms with Crippen LogP contribution in [-0.4, -0.2) is 41.2 Å². The lowest BCUT2D eigenvalue weighted by Crippen LogP contribution is -2.37. The van der Waals surface area contributed by atoms with Crippen LogP contribution in [-0.2, 0) is 9.59 Å². The molecule has 7 heteroatoms. The van der Waals surface area contributed by atoms with Crippen LogP contribution in [0.25, 0.3) is 11.1 Å². The van der Waals surface area contributed by atoms with Gasteiger partial charge in [0.05, 0.1) is 6.04 Å². The number of carbonyl (C=O) groups is 2. The number of hydrogen-bond acceptors (Lipinski definition) is 4. The summed E-state index contributed by atoms with van der Waals surface area (Å²) >= 11 is 0. The normalized spacial score (nSPS) is 15.9. The van der Waals surface area contributed by atoms with E-state index in [0.29, 0.717) is 5.56 Å². The Labute approximate surface area is 176 Å². The number of likely N-dealkylation sites (tertiary alicyclic amines) is 1. The molecule has 2 aromatic carbocycles. The molecule has 0 bridgehead atoms. The fourth-order valence-corrected chi connectivity index (χ4v) is 3.77. The van der Waals surface area contributed by atoms with Crippen molar-refractivity contribution in [3.05, 3.63) is 59.7 Å². The Morgan fingerprint density at radius 2 is 1.62 bits per heavy atom. The minimum Gasteiger partial charge on any atom is -0.481 e. The van der Waals surface area contributed by atoms with Crippen molar-refractivity contribution in [2.75, 3.05) is 13.1 Å². The summed E-state index contributed by atoms with van der Waals surface area (Å²) < 4.78 is 0. The van der Waals surface area contributed by atoms with Gasteiger partial charge in [0, 0.05) is 12.0 Å². The van der Waals surface area contributed by atoms with Crippen molar-refractivity contribution in [2.45, 2.75) is 25.3 Å². The number of nitrogen functional groups attached to an aromatic ring is 1. The number of nitrogens with one attached hydrogen (secondary N) is 1. The molecule has 0 radical (unpaired) electrons. The molecule has 2 aromatic rings. The van der Waals surface area contributed by atoms with Crippen LogP contribution in [0, 0.1) is 11.3 Å². The van der Waals surface area contributed by atoms with Crippen molar-refractivity contribution in [3.63, 3.8) is 0 Å². The van der Waals surface area contributed by atoms with E-state index in [2.05, 4.69) is 4.90 Å². The van der Waals surface area contributed by atoms with Crippen molar-refractivity contribution in [2.24, 2.45) is 11.7 Å². The number of hydrogen-bond donors (Lipinski definition) is 3. The summed E-state index contributed by atoms with van der Waals surface area (Å²) in [5, 5.41) is 16.4. The second-order valence-corrected chi connectivity index (χ2v) is 7.27. The molecule has 1 fully saturated rings. The molecule has 154 valence electrons. The molecule has 0 aliphatic carbocycles. The van der Waals surface area contributed by atoms with E-state index in [0.717, 1.165) is 48.9 Å². The van der Waals surface area contributed by atoms with Crippen molar-refractivity contribution in [3.8, 4) is 11.1 Å². The molecule has 1 saturated heterocycles. The van der Waals surface area contributed by atoms with E-state index in [4.69, 9.17) is 16.2 Å². The largest absolute Gasteiger partial charge is 0.481 e. The van der Waals surface area contributed by atoms with Crippen LogP contribution in [0.2, 0.25) is 0 Å². The van der Waals surface area contributed by atoms with Crippen LogP contribution in [0.15, 0.2) is 48.5 Å². The van der Waals surface area contributed by atoms with Crippen molar-refractivity contribution in [1.82, 2.24) is 4.90 Å². The third-order valence-electron chi connectivity index (χ3n) is 5.42. The summed E-state index contributed by atoms with van der Waals surface area (Å²) in [6.07, 6.45) is 2.78. The highest BCUT2D eigenvalue weighted by atomic mass is 35.5. The summed E-state index contributed by atoms with van der Waals surface area (Å²) in [5.74, 6) is -0.512. The summed E-state index contributed by atoms with van der Waals surface area (Å²) in [6.45, 7) is 1.46. The standard InChI is InChI=1S/C22H25N3O3.ClH/c23-22(24)19-7-3-17(4-8-19)16-1-5-18(6-2-16)20(14-26)25-11-9-15(10-12-25)13-21(27)28;/h1-8,14-15,20H,9-13H2,(H3,23,24)(H,27,28);1H. The number of aliphatic carboxylic acids is 1. The van der Waals surface area contributed by atoms with Gasteiger partial charge in [-0.05, 0) is 48.5 Å². The molecule has 0 saturated carbocycles. The minimum absolute atomic E-state index is 0. The Hall–Kier alpha value is -2.70. The summed E-state index contributed by atoms with van der Waals surface area (Å²) in [7, 11) is 0. The van der Waals surface area contributed by atoms with Gasteiger partial charge in [0.25, 0.3) is 0 Å². The smallest absolute Gasteiger partial charge is 0.303 e. The van der Waals surface area contributed by atoms with Crippen molar-refractivity contribution < 1.29 is 14.7 Å². The van der Waals surface area contributed by atoms with Crippen LogP contribution < -0.4 is 5.73 Å². The molecule has 1 atom stereocenters. The molecule has 0 aromatic heterocycles. The Morgan fingerprint density at radius 3 is 2.07 bits per heavy atom. The molecule has 1 heterocycles. The lowest BCUT2D eigenvalue weighted by molar-refractivity contribution is -0.138. The number of piperidine rings is 1. The first-order valence-corrected chi connectivity index (χ1v) is 9.44. The lowest BCUT2D eigenvalue weighted by atomic mass is 9.91. The second-order valence-electron chi connectivity index (χ2n) is 7.27. The van der Waals surface area contributed by atoms with Gasteiger partial charge in [-0.2, -0.15) is 0 Å². The molecule has 1 unspecified atom stereocenters. The fraction of sp³-hybridized carbons (Fsp3) is 0.318. The highest BCUT2D eigenvalue weighted by Crippen LogP contribution is 2.29. The number of amidine groups is 1. The van der Waals surface area contributed by atoms with E-state index < -0.39 is 5.97 Å². The van der Waals surface area contributed by atoms with Gasteiger partial charge in [-0.25, -0.2) is 0 Å². The Balaban J connectivity index is 0.00000300. The average molecular weight is 416 g/mol.